The number of nitro benzene ring substituents is 1. The molecule has 0 aliphatic heterocycles. The minimum Gasteiger partial charge on any atom is -0.506 e. The molecule has 0 spiro atoms. The van der Waals surface area contributed by atoms with Crippen molar-refractivity contribution in [2.24, 2.45) is 0 Å². The van der Waals surface area contributed by atoms with E-state index in [9.17, 15) is 20.3 Å². The first-order valence-corrected chi connectivity index (χ1v) is 9.70. The normalized spacial score (nSPS) is 10.5. The van der Waals surface area contributed by atoms with Crippen LogP contribution in [0.1, 0.15) is 22.8 Å². The van der Waals surface area contributed by atoms with Crippen LogP contribution < -0.4 is 5.73 Å². The molecule has 0 unspecified atom stereocenters. The first-order valence-electron chi connectivity index (χ1n) is 9.70. The fraction of sp³-hybridized carbons (Fsp3) is 0.182. The summed E-state index contributed by atoms with van der Waals surface area (Å²) in [4.78, 5) is 9.99. The smallest absolute Gasteiger partial charge is 0.273 e. The number of anilines is 1. The van der Waals surface area contributed by atoms with Crippen LogP contribution in [0.4, 0.5) is 11.4 Å². The van der Waals surface area contributed by atoms with E-state index in [1.807, 2.05) is 39.8 Å². The summed E-state index contributed by atoms with van der Waals surface area (Å²) in [5, 5.41) is 38.5. The Morgan fingerprint density at radius 2 is 1.28 bits per heavy atom. The minimum absolute atomic E-state index is 0.140. The lowest BCUT2D eigenvalue weighted by Gasteiger charge is -2.07. The van der Waals surface area contributed by atoms with Gasteiger partial charge in [0.1, 0.15) is 22.9 Å². The quantitative estimate of drug-likeness (QED) is 0.251. The number of non-ortho nitro benzene ring substituents is 1. The van der Waals surface area contributed by atoms with Gasteiger partial charge < -0.3 is 15.9 Å². The number of nitrogens with zero attached hydrogens (tertiary/aromatic N) is 5. The number of aromatic nitrogens is 4. The molecule has 0 saturated carbocycles. The maximum Gasteiger partial charge on any atom is 0.273 e. The fourth-order valence-electron chi connectivity index (χ4n) is 3.27. The Hall–Kier alpha value is -4.34. The number of hydrogen-bond donors (Lipinski definition) is 3. The summed E-state index contributed by atoms with van der Waals surface area (Å²) < 4.78 is 3.25. The Morgan fingerprint density at radius 3 is 1.66 bits per heavy atom. The highest BCUT2D eigenvalue weighted by molar-refractivity contribution is 5.55. The molecular weight excluding hydrogens is 412 g/mol. The monoisotopic (exact) mass is 436 g/mol. The molecule has 4 aromatic rings. The molecule has 0 bridgehead atoms. The van der Waals surface area contributed by atoms with Gasteiger partial charge in [0.05, 0.1) is 22.4 Å². The van der Waals surface area contributed by atoms with Crippen molar-refractivity contribution in [2.75, 3.05) is 5.73 Å². The second-order valence-electron chi connectivity index (χ2n) is 7.36. The maximum atomic E-state index is 10.5. The van der Waals surface area contributed by atoms with E-state index in [1.165, 1.54) is 18.2 Å². The highest BCUT2D eigenvalue weighted by Crippen LogP contribution is 2.27. The van der Waals surface area contributed by atoms with Crippen LogP contribution in [0.2, 0.25) is 0 Å². The molecule has 10 heteroatoms. The van der Waals surface area contributed by atoms with Crippen LogP contribution in [-0.4, -0.2) is 34.7 Å². The molecular formula is C22H24N6O4. The van der Waals surface area contributed by atoms with Crippen LogP contribution in [0, 0.1) is 37.8 Å². The number of nitrogen functional groups attached to an aromatic ring is 1. The number of hydrogen-bond acceptors (Lipinski definition) is 7. The first-order chi connectivity index (χ1) is 15.1. The number of nitrogens with two attached hydrogens (primary N) is 1. The molecule has 0 saturated heterocycles. The molecule has 2 heterocycles. The number of nitro groups is 1. The molecule has 0 atom stereocenters. The van der Waals surface area contributed by atoms with E-state index < -0.39 is 4.92 Å². The highest BCUT2D eigenvalue weighted by Gasteiger charge is 2.13. The maximum absolute atomic E-state index is 10.5. The van der Waals surface area contributed by atoms with Crippen molar-refractivity contribution < 1.29 is 15.1 Å². The minimum atomic E-state index is -0.551. The lowest BCUT2D eigenvalue weighted by atomic mass is 10.2. The number of phenols is 2. The second-order valence-corrected chi connectivity index (χ2v) is 7.36. The topological polar surface area (TPSA) is 145 Å². The largest absolute Gasteiger partial charge is 0.506 e. The van der Waals surface area contributed by atoms with Crippen molar-refractivity contribution in [1.82, 2.24) is 19.6 Å². The standard InChI is InChI=1S/C11H11N3O3.C11H13N3O/c1-7-5-8(2)13(12-7)10-4-3-9(14(16)17)6-11(10)15;1-7-5-8(2)14(13-7)10-4-3-9(12)6-11(10)15/h3-6,15H,1-2H3;3-6,15H,12H2,1-2H3. The average Bonchev–Trinajstić information content (AvgIpc) is 3.22. The zero-order valence-corrected chi connectivity index (χ0v) is 18.1. The van der Waals surface area contributed by atoms with Crippen LogP contribution in [0.25, 0.3) is 11.4 Å². The zero-order valence-electron chi connectivity index (χ0n) is 18.1. The number of aromatic hydroxyl groups is 2. The Morgan fingerprint density at radius 1 is 0.812 bits per heavy atom. The van der Waals surface area contributed by atoms with Crippen LogP contribution in [0.3, 0.4) is 0 Å². The first kappa shape index (κ1) is 22.3. The van der Waals surface area contributed by atoms with Gasteiger partial charge in [0, 0.05) is 29.2 Å². The molecule has 0 fully saturated rings. The van der Waals surface area contributed by atoms with E-state index in [2.05, 4.69) is 10.2 Å². The summed E-state index contributed by atoms with van der Waals surface area (Å²) in [6, 6.07) is 12.8. The molecule has 0 amide bonds. The molecule has 0 aliphatic rings. The average molecular weight is 436 g/mol. The van der Waals surface area contributed by atoms with Crippen molar-refractivity contribution in [3.8, 4) is 22.9 Å². The van der Waals surface area contributed by atoms with Crippen molar-refractivity contribution >= 4 is 11.4 Å². The van der Waals surface area contributed by atoms with Crippen LogP contribution in [-0.2, 0) is 0 Å². The lowest BCUT2D eigenvalue weighted by molar-refractivity contribution is -0.384. The molecule has 0 aliphatic carbocycles. The van der Waals surface area contributed by atoms with Crippen molar-refractivity contribution in [3.63, 3.8) is 0 Å². The fourth-order valence-corrected chi connectivity index (χ4v) is 3.27. The summed E-state index contributed by atoms with van der Waals surface area (Å²) >= 11 is 0. The number of benzene rings is 2. The van der Waals surface area contributed by atoms with E-state index in [1.54, 1.807) is 21.5 Å². The van der Waals surface area contributed by atoms with E-state index in [0.717, 1.165) is 28.8 Å². The third kappa shape index (κ3) is 4.69. The van der Waals surface area contributed by atoms with Gasteiger partial charge in [-0.25, -0.2) is 9.36 Å². The molecule has 10 nitrogen and oxygen atoms in total. The molecule has 32 heavy (non-hydrogen) atoms. The number of phenolic OH excluding ortho intramolecular Hbond substituents is 2. The van der Waals surface area contributed by atoms with Crippen molar-refractivity contribution in [3.05, 3.63) is 81.4 Å². The van der Waals surface area contributed by atoms with E-state index in [-0.39, 0.29) is 17.2 Å². The number of rotatable bonds is 3. The van der Waals surface area contributed by atoms with Gasteiger partial charge in [0.25, 0.3) is 5.69 Å². The molecule has 2 aromatic heterocycles. The highest BCUT2D eigenvalue weighted by atomic mass is 16.6. The van der Waals surface area contributed by atoms with Gasteiger partial charge in [-0.05, 0) is 58.0 Å². The Bertz CT molecular complexity index is 1290. The Balaban J connectivity index is 0.000000182. The van der Waals surface area contributed by atoms with Gasteiger partial charge >= 0.3 is 0 Å². The van der Waals surface area contributed by atoms with Crippen molar-refractivity contribution in [2.45, 2.75) is 27.7 Å². The van der Waals surface area contributed by atoms with Gasteiger partial charge in [0.2, 0.25) is 0 Å². The lowest BCUT2D eigenvalue weighted by Crippen LogP contribution is -2.00. The number of aryl methyl sites for hydroxylation is 4. The van der Waals surface area contributed by atoms with Crippen LogP contribution in [0.5, 0.6) is 11.5 Å². The molecule has 2 aromatic carbocycles. The summed E-state index contributed by atoms with van der Waals surface area (Å²) in [5.41, 5.74) is 10.6. The third-order valence-electron chi connectivity index (χ3n) is 4.64. The predicted molar refractivity (Wildman–Crippen MR) is 120 cm³/mol. The Labute approximate surface area is 184 Å². The van der Waals surface area contributed by atoms with Gasteiger partial charge in [0.15, 0.2) is 0 Å². The van der Waals surface area contributed by atoms with Gasteiger partial charge in [-0.15, -0.1) is 0 Å². The van der Waals surface area contributed by atoms with Crippen LogP contribution in [0.15, 0.2) is 48.5 Å². The van der Waals surface area contributed by atoms with Gasteiger partial charge in [-0.3, -0.25) is 10.1 Å². The van der Waals surface area contributed by atoms with Crippen LogP contribution >= 0.6 is 0 Å². The summed E-state index contributed by atoms with van der Waals surface area (Å²) in [6.07, 6.45) is 0. The van der Waals surface area contributed by atoms with Gasteiger partial charge in [-0.2, -0.15) is 10.2 Å². The zero-order chi connectivity index (χ0) is 23.6. The Kier molecular flexibility index (Phi) is 6.15. The van der Waals surface area contributed by atoms with E-state index >= 15 is 0 Å². The summed E-state index contributed by atoms with van der Waals surface area (Å²) in [6.45, 7) is 7.54. The SMILES string of the molecule is Cc1cc(C)n(-c2ccc(N)cc2O)n1.Cc1cc(C)n(-c2ccc([N+](=O)[O-])cc2O)n1. The van der Waals surface area contributed by atoms with Gasteiger partial charge in [-0.1, -0.05) is 0 Å². The van der Waals surface area contributed by atoms with E-state index in [0.29, 0.717) is 17.1 Å². The summed E-state index contributed by atoms with van der Waals surface area (Å²) in [7, 11) is 0. The molecule has 4 rings (SSSR count). The van der Waals surface area contributed by atoms with Crippen molar-refractivity contribution in [1.29, 1.82) is 0 Å². The molecule has 166 valence electrons. The predicted octanol–water partition coefficient (Wildman–Crippen LogP) is 3.88. The third-order valence-corrected chi connectivity index (χ3v) is 4.64. The summed E-state index contributed by atoms with van der Waals surface area (Å²) in [5.74, 6) is -0.0217. The molecule has 4 N–H and O–H groups in total. The second kappa shape index (κ2) is 8.80. The van der Waals surface area contributed by atoms with E-state index in [4.69, 9.17) is 5.73 Å². The molecule has 0 radical (unpaired) electrons.